The molecule has 1 aromatic carbocycles. The van der Waals surface area contributed by atoms with Gasteiger partial charge in [-0.25, -0.2) is 4.98 Å². The summed E-state index contributed by atoms with van der Waals surface area (Å²) >= 11 is 0. The van der Waals surface area contributed by atoms with Crippen molar-refractivity contribution in [1.29, 1.82) is 0 Å². The molecule has 1 heterocycles. The Hall–Kier alpha value is -2.63. The molecule has 0 bridgehead atoms. The summed E-state index contributed by atoms with van der Waals surface area (Å²) in [5, 5.41) is 0. The molecule has 1 aromatic heterocycles. The maximum atomic E-state index is 12.1. The summed E-state index contributed by atoms with van der Waals surface area (Å²) in [6.07, 6.45) is 1.57. The monoisotopic (exact) mass is 288 g/mol. The lowest BCUT2D eigenvalue weighted by Gasteiger charge is -2.08. The minimum Gasteiger partial charge on any atom is -0.493 e. The van der Waals surface area contributed by atoms with Gasteiger partial charge in [-0.15, -0.1) is 0 Å². The number of rotatable bonds is 7. The van der Waals surface area contributed by atoms with Crippen molar-refractivity contribution in [2.24, 2.45) is 0 Å². The van der Waals surface area contributed by atoms with E-state index in [4.69, 9.17) is 14.2 Å². The van der Waals surface area contributed by atoms with Crippen molar-refractivity contribution >= 4 is 5.78 Å². The fourth-order valence-corrected chi connectivity index (χ4v) is 1.69. The number of methoxy groups -OCH3 is 2. The number of benzene rings is 1. The average Bonchev–Trinajstić information content (AvgIpc) is 2.55. The van der Waals surface area contributed by atoms with Crippen LogP contribution >= 0.6 is 0 Å². The van der Waals surface area contributed by atoms with Crippen molar-refractivity contribution in [3.8, 4) is 17.5 Å². The second-order valence-corrected chi connectivity index (χ2v) is 4.10. The number of hydrogen-bond acceptors (Lipinski definition) is 6. The van der Waals surface area contributed by atoms with Crippen molar-refractivity contribution < 1.29 is 19.0 Å². The molecule has 0 unspecified atom stereocenters. The van der Waals surface area contributed by atoms with E-state index in [1.165, 1.54) is 20.4 Å². The zero-order chi connectivity index (χ0) is 15.1. The molecule has 110 valence electrons. The van der Waals surface area contributed by atoms with Gasteiger partial charge in [0, 0.05) is 6.42 Å². The maximum absolute atomic E-state index is 12.1. The molecule has 0 fully saturated rings. The number of para-hydroxylation sites is 1. The Kier molecular flexibility index (Phi) is 5.09. The summed E-state index contributed by atoms with van der Waals surface area (Å²) in [5.74, 6) is 0.971. The molecule has 0 saturated carbocycles. The molecule has 0 aliphatic heterocycles. The largest absolute Gasteiger partial charge is 0.493 e. The van der Waals surface area contributed by atoms with Gasteiger partial charge in [0.25, 0.3) is 0 Å². The molecular weight excluding hydrogens is 272 g/mol. The van der Waals surface area contributed by atoms with Gasteiger partial charge in [-0.05, 0) is 12.1 Å². The number of Topliss-reactive ketones (excluding diaryl/α,β-unsaturated/α-hetero) is 1. The van der Waals surface area contributed by atoms with Crippen LogP contribution in [0.2, 0.25) is 0 Å². The number of aromatic nitrogens is 2. The molecule has 0 aliphatic rings. The summed E-state index contributed by atoms with van der Waals surface area (Å²) in [7, 11) is 2.90. The van der Waals surface area contributed by atoms with Crippen molar-refractivity contribution in [2.45, 2.75) is 6.42 Å². The van der Waals surface area contributed by atoms with Crippen LogP contribution in [-0.2, 0) is 0 Å². The normalized spacial score (nSPS) is 10.0. The molecular formula is C15H16N2O4. The van der Waals surface area contributed by atoms with Crippen LogP contribution in [0.4, 0.5) is 0 Å². The highest BCUT2D eigenvalue weighted by Crippen LogP contribution is 2.18. The first-order valence-electron chi connectivity index (χ1n) is 6.40. The van der Waals surface area contributed by atoms with Crippen LogP contribution in [0.3, 0.4) is 0 Å². The average molecular weight is 288 g/mol. The Labute approximate surface area is 122 Å². The van der Waals surface area contributed by atoms with Gasteiger partial charge in [-0.1, -0.05) is 18.2 Å². The second kappa shape index (κ2) is 7.23. The first kappa shape index (κ1) is 14.8. The van der Waals surface area contributed by atoms with Crippen molar-refractivity contribution in [3.05, 3.63) is 42.2 Å². The predicted octanol–water partition coefficient (Wildman–Crippen LogP) is 2.15. The van der Waals surface area contributed by atoms with Crippen LogP contribution in [0, 0.1) is 0 Å². The number of nitrogens with zero attached hydrogens (tertiary/aromatic N) is 2. The molecule has 21 heavy (non-hydrogen) atoms. The lowest BCUT2D eigenvalue weighted by molar-refractivity contribution is 0.0953. The van der Waals surface area contributed by atoms with E-state index in [0.29, 0.717) is 5.88 Å². The van der Waals surface area contributed by atoms with E-state index in [1.54, 1.807) is 0 Å². The number of carbonyl (C=O) groups is 1. The standard InChI is InChI=1S/C15H16N2O4/c1-19-13-10-16-14(15(17-13)20-2)12(18)8-9-21-11-6-4-3-5-7-11/h3-7,10H,8-9H2,1-2H3. The van der Waals surface area contributed by atoms with Crippen LogP contribution in [0.1, 0.15) is 16.9 Å². The fourth-order valence-electron chi connectivity index (χ4n) is 1.69. The SMILES string of the molecule is COc1cnc(C(=O)CCOc2ccccc2)c(OC)n1. The summed E-state index contributed by atoms with van der Waals surface area (Å²) in [5.41, 5.74) is 0.176. The number of carbonyl (C=O) groups excluding carboxylic acids is 1. The quantitative estimate of drug-likeness (QED) is 0.727. The van der Waals surface area contributed by atoms with Gasteiger partial charge in [0.15, 0.2) is 11.5 Å². The first-order chi connectivity index (χ1) is 10.2. The molecule has 0 N–H and O–H groups in total. The molecule has 0 aliphatic carbocycles. The highest BCUT2D eigenvalue weighted by Gasteiger charge is 2.16. The van der Waals surface area contributed by atoms with E-state index in [1.807, 2.05) is 30.3 Å². The Balaban J connectivity index is 1.97. The third-order valence-electron chi connectivity index (χ3n) is 2.73. The minimum atomic E-state index is -0.196. The summed E-state index contributed by atoms with van der Waals surface area (Å²) in [4.78, 5) is 20.2. The topological polar surface area (TPSA) is 70.5 Å². The van der Waals surface area contributed by atoms with Crippen LogP contribution in [0.5, 0.6) is 17.5 Å². The summed E-state index contributed by atoms with van der Waals surface area (Å²) in [6, 6.07) is 9.30. The predicted molar refractivity (Wildman–Crippen MR) is 76.0 cm³/mol. The van der Waals surface area contributed by atoms with Crippen molar-refractivity contribution in [3.63, 3.8) is 0 Å². The summed E-state index contributed by atoms with van der Waals surface area (Å²) < 4.78 is 15.5. The molecule has 2 aromatic rings. The van der Waals surface area contributed by atoms with Gasteiger partial charge in [-0.3, -0.25) is 4.79 Å². The maximum Gasteiger partial charge on any atom is 0.246 e. The van der Waals surface area contributed by atoms with Crippen LogP contribution in [-0.4, -0.2) is 36.6 Å². The molecule has 2 rings (SSSR count). The summed E-state index contributed by atoms with van der Waals surface area (Å²) in [6.45, 7) is 0.264. The third kappa shape index (κ3) is 3.92. The molecule has 0 amide bonds. The molecule has 0 radical (unpaired) electrons. The third-order valence-corrected chi connectivity index (χ3v) is 2.73. The van der Waals surface area contributed by atoms with E-state index < -0.39 is 0 Å². The smallest absolute Gasteiger partial charge is 0.246 e. The number of ketones is 1. The van der Waals surface area contributed by atoms with Crippen LogP contribution in [0.25, 0.3) is 0 Å². The molecule has 6 nitrogen and oxygen atoms in total. The van der Waals surface area contributed by atoms with Crippen molar-refractivity contribution in [1.82, 2.24) is 9.97 Å². The van der Waals surface area contributed by atoms with E-state index in [0.717, 1.165) is 5.75 Å². The Morgan fingerprint density at radius 3 is 2.57 bits per heavy atom. The van der Waals surface area contributed by atoms with Gasteiger partial charge in [-0.2, -0.15) is 4.98 Å². The van der Waals surface area contributed by atoms with E-state index in [-0.39, 0.29) is 30.4 Å². The number of hydrogen-bond donors (Lipinski definition) is 0. The van der Waals surface area contributed by atoms with Gasteiger partial charge < -0.3 is 14.2 Å². The fraction of sp³-hybridized carbons (Fsp3) is 0.267. The number of ether oxygens (including phenoxy) is 3. The Morgan fingerprint density at radius 1 is 1.14 bits per heavy atom. The van der Waals surface area contributed by atoms with Gasteiger partial charge >= 0.3 is 0 Å². The van der Waals surface area contributed by atoms with E-state index in [9.17, 15) is 4.79 Å². The van der Waals surface area contributed by atoms with Gasteiger partial charge in [0.1, 0.15) is 5.75 Å². The lowest BCUT2D eigenvalue weighted by Crippen LogP contribution is -2.11. The van der Waals surface area contributed by atoms with Crippen molar-refractivity contribution in [2.75, 3.05) is 20.8 Å². The molecule has 6 heteroatoms. The van der Waals surface area contributed by atoms with Gasteiger partial charge in [0.05, 0.1) is 27.0 Å². The first-order valence-corrected chi connectivity index (χ1v) is 6.40. The Bertz CT molecular complexity index is 602. The molecule has 0 spiro atoms. The highest BCUT2D eigenvalue weighted by atomic mass is 16.5. The van der Waals surface area contributed by atoms with E-state index >= 15 is 0 Å². The van der Waals surface area contributed by atoms with E-state index in [2.05, 4.69) is 9.97 Å². The highest BCUT2D eigenvalue weighted by molar-refractivity contribution is 5.96. The lowest BCUT2D eigenvalue weighted by atomic mass is 10.2. The van der Waals surface area contributed by atoms with Crippen LogP contribution < -0.4 is 14.2 Å². The zero-order valence-electron chi connectivity index (χ0n) is 11.9. The zero-order valence-corrected chi connectivity index (χ0v) is 11.9. The molecule has 0 atom stereocenters. The second-order valence-electron chi connectivity index (χ2n) is 4.10. The molecule has 0 saturated heterocycles. The minimum absolute atomic E-state index is 0.152. The van der Waals surface area contributed by atoms with Gasteiger partial charge in [0.2, 0.25) is 11.8 Å². The Morgan fingerprint density at radius 2 is 1.90 bits per heavy atom. The van der Waals surface area contributed by atoms with Crippen LogP contribution in [0.15, 0.2) is 36.5 Å².